The molecular formula is C14H21ClN2O. The van der Waals surface area contributed by atoms with Gasteiger partial charge in [-0.1, -0.05) is 44.5 Å². The van der Waals surface area contributed by atoms with Crippen molar-refractivity contribution >= 4 is 17.5 Å². The summed E-state index contributed by atoms with van der Waals surface area (Å²) >= 11 is 5.83. The number of amides is 1. The van der Waals surface area contributed by atoms with E-state index in [2.05, 4.69) is 5.32 Å². The Labute approximate surface area is 114 Å². The predicted octanol–water partition coefficient (Wildman–Crippen LogP) is 2.89. The maximum absolute atomic E-state index is 12.0. The number of nitrogens with two attached hydrogens (primary N) is 1. The first-order valence-corrected chi connectivity index (χ1v) is 6.41. The second kappa shape index (κ2) is 5.72. The summed E-state index contributed by atoms with van der Waals surface area (Å²) in [5.74, 6) is -0.134. The molecule has 18 heavy (non-hydrogen) atoms. The largest absolute Gasteiger partial charge is 0.348 e. The van der Waals surface area contributed by atoms with Crippen LogP contribution in [0.4, 0.5) is 0 Å². The fourth-order valence-corrected chi connectivity index (χ4v) is 1.66. The molecule has 0 saturated carbocycles. The van der Waals surface area contributed by atoms with E-state index >= 15 is 0 Å². The van der Waals surface area contributed by atoms with Gasteiger partial charge in [0, 0.05) is 5.02 Å². The zero-order valence-electron chi connectivity index (χ0n) is 11.3. The summed E-state index contributed by atoms with van der Waals surface area (Å²) in [5.41, 5.74) is 6.67. The molecule has 1 rings (SSSR count). The first-order chi connectivity index (χ1) is 8.21. The first-order valence-electron chi connectivity index (χ1n) is 6.03. The molecule has 0 heterocycles. The molecule has 1 aromatic rings. The van der Waals surface area contributed by atoms with Gasteiger partial charge in [-0.3, -0.25) is 4.79 Å². The summed E-state index contributed by atoms with van der Waals surface area (Å²) in [6.45, 7) is 7.77. The Morgan fingerprint density at radius 3 is 2.22 bits per heavy atom. The van der Waals surface area contributed by atoms with Crippen molar-refractivity contribution in [2.24, 2.45) is 11.1 Å². The molecule has 0 aromatic heterocycles. The van der Waals surface area contributed by atoms with Crippen LogP contribution in [0.5, 0.6) is 0 Å². The van der Waals surface area contributed by atoms with Crippen LogP contribution in [0.2, 0.25) is 5.02 Å². The zero-order chi connectivity index (χ0) is 13.9. The van der Waals surface area contributed by atoms with Crippen molar-refractivity contribution in [1.82, 2.24) is 5.32 Å². The topological polar surface area (TPSA) is 55.1 Å². The minimum Gasteiger partial charge on any atom is -0.348 e. The Morgan fingerprint density at radius 1 is 1.28 bits per heavy atom. The molecule has 3 nitrogen and oxygen atoms in total. The van der Waals surface area contributed by atoms with Crippen molar-refractivity contribution in [3.8, 4) is 0 Å². The van der Waals surface area contributed by atoms with E-state index in [9.17, 15) is 4.79 Å². The monoisotopic (exact) mass is 268 g/mol. The lowest BCUT2D eigenvalue weighted by molar-refractivity contribution is -0.125. The second-order valence-electron chi connectivity index (χ2n) is 5.63. The SMILES string of the molecule is C[C@@H](NC(=O)[C@H](N)C(C)(C)C)c1ccc(Cl)cc1. The van der Waals surface area contributed by atoms with Crippen molar-refractivity contribution in [2.75, 3.05) is 0 Å². The Bertz CT molecular complexity index is 409. The first kappa shape index (κ1) is 15.0. The molecular weight excluding hydrogens is 248 g/mol. The van der Waals surface area contributed by atoms with Gasteiger partial charge in [-0.05, 0) is 30.0 Å². The van der Waals surface area contributed by atoms with E-state index in [1.807, 2.05) is 52.0 Å². The molecule has 1 aromatic carbocycles. The quantitative estimate of drug-likeness (QED) is 0.886. The molecule has 1 amide bonds. The summed E-state index contributed by atoms with van der Waals surface area (Å²) in [7, 11) is 0. The Morgan fingerprint density at radius 2 is 1.78 bits per heavy atom. The normalized spacial score (nSPS) is 15.0. The van der Waals surface area contributed by atoms with E-state index in [4.69, 9.17) is 17.3 Å². The van der Waals surface area contributed by atoms with Gasteiger partial charge in [0.1, 0.15) is 0 Å². The number of benzene rings is 1. The number of rotatable bonds is 3. The molecule has 0 aliphatic heterocycles. The molecule has 0 fully saturated rings. The van der Waals surface area contributed by atoms with Gasteiger partial charge in [-0.25, -0.2) is 0 Å². The van der Waals surface area contributed by atoms with Crippen LogP contribution in [0.1, 0.15) is 39.3 Å². The van der Waals surface area contributed by atoms with Crippen molar-refractivity contribution in [2.45, 2.75) is 39.8 Å². The highest BCUT2D eigenvalue weighted by Crippen LogP contribution is 2.20. The third kappa shape index (κ3) is 4.00. The summed E-state index contributed by atoms with van der Waals surface area (Å²) in [5, 5.41) is 3.60. The van der Waals surface area contributed by atoms with Crippen molar-refractivity contribution in [1.29, 1.82) is 0 Å². The number of hydrogen-bond acceptors (Lipinski definition) is 2. The maximum Gasteiger partial charge on any atom is 0.237 e. The Kier molecular flexibility index (Phi) is 4.77. The fraction of sp³-hybridized carbons (Fsp3) is 0.500. The Balaban J connectivity index is 2.68. The average Bonchev–Trinajstić information content (AvgIpc) is 2.27. The molecule has 0 saturated heterocycles. The summed E-state index contributed by atoms with van der Waals surface area (Å²) < 4.78 is 0. The number of hydrogen-bond donors (Lipinski definition) is 2. The number of halogens is 1. The fourth-order valence-electron chi connectivity index (χ4n) is 1.53. The third-order valence-corrected chi connectivity index (χ3v) is 3.20. The summed E-state index contributed by atoms with van der Waals surface area (Å²) in [6, 6.07) is 6.81. The smallest absolute Gasteiger partial charge is 0.237 e. The lowest BCUT2D eigenvalue weighted by Gasteiger charge is -2.27. The van der Waals surface area contributed by atoms with Crippen LogP contribution in [0.15, 0.2) is 24.3 Å². The van der Waals surface area contributed by atoms with Crippen molar-refractivity contribution < 1.29 is 4.79 Å². The van der Waals surface area contributed by atoms with E-state index in [1.165, 1.54) is 0 Å². The van der Waals surface area contributed by atoms with Crippen LogP contribution in [0.25, 0.3) is 0 Å². The molecule has 3 N–H and O–H groups in total. The lowest BCUT2D eigenvalue weighted by Crippen LogP contribution is -2.49. The van der Waals surface area contributed by atoms with Crippen LogP contribution < -0.4 is 11.1 Å². The predicted molar refractivity (Wildman–Crippen MR) is 75.4 cm³/mol. The van der Waals surface area contributed by atoms with E-state index in [0.717, 1.165) is 5.56 Å². The molecule has 0 bridgehead atoms. The molecule has 2 atom stereocenters. The van der Waals surface area contributed by atoms with Gasteiger partial charge in [0.05, 0.1) is 12.1 Å². The van der Waals surface area contributed by atoms with Gasteiger partial charge in [0.2, 0.25) is 5.91 Å². The Hall–Kier alpha value is -1.06. The molecule has 100 valence electrons. The molecule has 0 aliphatic carbocycles. The van der Waals surface area contributed by atoms with Gasteiger partial charge in [-0.15, -0.1) is 0 Å². The highest BCUT2D eigenvalue weighted by molar-refractivity contribution is 6.30. The van der Waals surface area contributed by atoms with Crippen LogP contribution in [-0.4, -0.2) is 11.9 Å². The van der Waals surface area contributed by atoms with E-state index in [-0.39, 0.29) is 17.4 Å². The minimum atomic E-state index is -0.521. The molecule has 0 spiro atoms. The minimum absolute atomic E-state index is 0.0804. The highest BCUT2D eigenvalue weighted by Gasteiger charge is 2.28. The van der Waals surface area contributed by atoms with Crippen LogP contribution in [-0.2, 0) is 4.79 Å². The van der Waals surface area contributed by atoms with Gasteiger partial charge < -0.3 is 11.1 Å². The van der Waals surface area contributed by atoms with Crippen LogP contribution in [0.3, 0.4) is 0 Å². The van der Waals surface area contributed by atoms with Crippen LogP contribution in [0, 0.1) is 5.41 Å². The summed E-state index contributed by atoms with van der Waals surface area (Å²) in [4.78, 5) is 12.0. The van der Waals surface area contributed by atoms with Gasteiger partial charge >= 0.3 is 0 Å². The van der Waals surface area contributed by atoms with Gasteiger partial charge in [0.15, 0.2) is 0 Å². The maximum atomic E-state index is 12.0. The highest BCUT2D eigenvalue weighted by atomic mass is 35.5. The van der Waals surface area contributed by atoms with E-state index in [0.29, 0.717) is 5.02 Å². The van der Waals surface area contributed by atoms with Crippen molar-refractivity contribution in [3.63, 3.8) is 0 Å². The van der Waals surface area contributed by atoms with Crippen molar-refractivity contribution in [3.05, 3.63) is 34.9 Å². The van der Waals surface area contributed by atoms with Crippen LogP contribution >= 0.6 is 11.6 Å². The number of carbonyl (C=O) groups is 1. The lowest BCUT2D eigenvalue weighted by atomic mass is 9.86. The number of nitrogens with one attached hydrogen (secondary N) is 1. The summed E-state index contributed by atoms with van der Waals surface area (Å²) in [6.07, 6.45) is 0. The standard InChI is InChI=1S/C14H21ClN2O/c1-9(10-5-7-11(15)8-6-10)17-13(18)12(16)14(2,3)4/h5-9,12H,16H2,1-4H3,(H,17,18)/t9-,12+/m1/s1. The van der Waals surface area contributed by atoms with Gasteiger partial charge in [-0.2, -0.15) is 0 Å². The van der Waals surface area contributed by atoms with E-state index < -0.39 is 6.04 Å². The van der Waals surface area contributed by atoms with E-state index in [1.54, 1.807) is 0 Å². The molecule has 0 unspecified atom stereocenters. The zero-order valence-corrected chi connectivity index (χ0v) is 12.1. The number of carbonyl (C=O) groups excluding carboxylic acids is 1. The molecule has 4 heteroatoms. The second-order valence-corrected chi connectivity index (χ2v) is 6.06. The molecule has 0 aliphatic rings. The third-order valence-electron chi connectivity index (χ3n) is 2.94. The molecule has 0 radical (unpaired) electrons. The van der Waals surface area contributed by atoms with Gasteiger partial charge in [0.25, 0.3) is 0 Å². The average molecular weight is 269 g/mol.